The van der Waals surface area contributed by atoms with E-state index in [0.717, 1.165) is 19.6 Å². The molecule has 0 N–H and O–H groups in total. The maximum absolute atomic E-state index is 13.1. The molecule has 2 aliphatic rings. The van der Waals surface area contributed by atoms with Gasteiger partial charge in [-0.25, -0.2) is 4.39 Å². The summed E-state index contributed by atoms with van der Waals surface area (Å²) in [5.74, 6) is -0.227. The maximum Gasteiger partial charge on any atom is 0.165 e. The number of piperidine rings is 1. The number of carbonyl (C=O) groups is 1. The van der Waals surface area contributed by atoms with Crippen molar-refractivity contribution in [1.29, 1.82) is 0 Å². The second-order valence-electron chi connectivity index (χ2n) is 6.85. The summed E-state index contributed by atoms with van der Waals surface area (Å²) in [7, 11) is 0. The molecular weight excluding hydrogens is 345 g/mol. The third-order valence-electron chi connectivity index (χ3n) is 5.47. The zero-order chi connectivity index (χ0) is 15.6. The van der Waals surface area contributed by atoms with Crippen LogP contribution < -0.4 is 0 Å². The smallest absolute Gasteiger partial charge is 0.165 e. The van der Waals surface area contributed by atoms with Crippen LogP contribution in [-0.2, 0) is 0 Å². The monoisotopic (exact) mass is 367 g/mol. The molecule has 120 valence electrons. The van der Waals surface area contributed by atoms with Crippen LogP contribution in [0.1, 0.15) is 55.3 Å². The lowest BCUT2D eigenvalue weighted by Gasteiger charge is -2.39. The number of Topliss-reactive ketones (excluding diaryl/α,β-unsaturated/α-hetero) is 1. The van der Waals surface area contributed by atoms with E-state index >= 15 is 0 Å². The summed E-state index contributed by atoms with van der Waals surface area (Å²) in [6, 6.07) is 4.28. The van der Waals surface area contributed by atoms with E-state index in [2.05, 4.69) is 20.8 Å². The van der Waals surface area contributed by atoms with Gasteiger partial charge in [0, 0.05) is 23.0 Å². The van der Waals surface area contributed by atoms with E-state index in [1.54, 1.807) is 6.07 Å². The molecule has 1 aromatic rings. The highest BCUT2D eigenvalue weighted by Crippen LogP contribution is 2.46. The van der Waals surface area contributed by atoms with Gasteiger partial charge in [0.05, 0.1) is 0 Å². The Bertz CT molecular complexity index is 544. The Balaban J connectivity index is 1.49. The largest absolute Gasteiger partial charge is 0.303 e. The number of likely N-dealkylation sites (tertiary alicyclic amines) is 1. The number of benzene rings is 1. The fourth-order valence-corrected chi connectivity index (χ4v) is 4.56. The standard InChI is InChI=1S/C18H23BrFNO/c19-16-13-14(20)3-4-15(16)17(22)5-10-21-11-8-18(9-12-21)6-1-2-7-18/h3-4,13H,1-2,5-12H2. The SMILES string of the molecule is O=C(CCN1CCC2(CCCC2)CC1)c1ccc(F)cc1Br. The Labute approximate surface area is 140 Å². The van der Waals surface area contributed by atoms with E-state index in [-0.39, 0.29) is 11.6 Å². The Morgan fingerprint density at radius 1 is 1.18 bits per heavy atom. The van der Waals surface area contributed by atoms with Gasteiger partial charge in [-0.3, -0.25) is 4.79 Å². The van der Waals surface area contributed by atoms with Crippen LogP contribution in [0.5, 0.6) is 0 Å². The van der Waals surface area contributed by atoms with Crippen molar-refractivity contribution in [2.75, 3.05) is 19.6 Å². The third-order valence-corrected chi connectivity index (χ3v) is 6.12. The van der Waals surface area contributed by atoms with Crippen LogP contribution in [0.2, 0.25) is 0 Å². The van der Waals surface area contributed by atoms with E-state index in [0.29, 0.717) is 21.9 Å². The van der Waals surface area contributed by atoms with Gasteiger partial charge < -0.3 is 4.90 Å². The van der Waals surface area contributed by atoms with E-state index in [4.69, 9.17) is 0 Å². The predicted molar refractivity (Wildman–Crippen MR) is 89.6 cm³/mol. The first kappa shape index (κ1) is 16.1. The van der Waals surface area contributed by atoms with Gasteiger partial charge in [-0.15, -0.1) is 0 Å². The Morgan fingerprint density at radius 2 is 1.86 bits per heavy atom. The van der Waals surface area contributed by atoms with Crippen LogP contribution in [0.25, 0.3) is 0 Å². The number of carbonyl (C=O) groups excluding carboxylic acids is 1. The molecule has 0 amide bonds. The molecule has 4 heteroatoms. The molecule has 1 aromatic carbocycles. The van der Waals surface area contributed by atoms with Crippen molar-refractivity contribution < 1.29 is 9.18 Å². The van der Waals surface area contributed by atoms with Crippen molar-refractivity contribution in [2.45, 2.75) is 44.9 Å². The number of hydrogen-bond donors (Lipinski definition) is 0. The van der Waals surface area contributed by atoms with Gasteiger partial charge >= 0.3 is 0 Å². The minimum Gasteiger partial charge on any atom is -0.303 e. The summed E-state index contributed by atoms with van der Waals surface area (Å²) >= 11 is 3.28. The quantitative estimate of drug-likeness (QED) is 0.711. The van der Waals surface area contributed by atoms with Crippen LogP contribution in [0.15, 0.2) is 22.7 Å². The number of rotatable bonds is 4. The van der Waals surface area contributed by atoms with E-state index < -0.39 is 0 Å². The second kappa shape index (κ2) is 6.79. The molecule has 2 nitrogen and oxygen atoms in total. The lowest BCUT2D eigenvalue weighted by molar-refractivity contribution is 0.0887. The highest BCUT2D eigenvalue weighted by atomic mass is 79.9. The molecule has 3 rings (SSSR count). The van der Waals surface area contributed by atoms with Crippen LogP contribution in [0.4, 0.5) is 4.39 Å². The number of ketones is 1. The summed E-state index contributed by atoms with van der Waals surface area (Å²) < 4.78 is 13.6. The molecule has 22 heavy (non-hydrogen) atoms. The molecule has 1 aliphatic heterocycles. The number of halogens is 2. The van der Waals surface area contributed by atoms with Gasteiger partial charge in [-0.2, -0.15) is 0 Å². The average molecular weight is 368 g/mol. The predicted octanol–water partition coefficient (Wildman–Crippen LogP) is 4.82. The molecule has 1 saturated carbocycles. The lowest BCUT2D eigenvalue weighted by Crippen LogP contribution is -2.39. The summed E-state index contributed by atoms with van der Waals surface area (Å²) in [5, 5.41) is 0. The second-order valence-corrected chi connectivity index (χ2v) is 7.70. The van der Waals surface area contributed by atoms with Crippen LogP contribution in [0, 0.1) is 11.2 Å². The van der Waals surface area contributed by atoms with Gasteiger partial charge in [-0.1, -0.05) is 12.8 Å². The molecule has 1 aliphatic carbocycles. The third kappa shape index (κ3) is 3.60. The first-order chi connectivity index (χ1) is 10.6. The summed E-state index contributed by atoms with van der Waals surface area (Å²) in [4.78, 5) is 14.7. The molecule has 0 aromatic heterocycles. The zero-order valence-electron chi connectivity index (χ0n) is 12.9. The minimum absolute atomic E-state index is 0.0908. The summed E-state index contributed by atoms with van der Waals surface area (Å²) in [5.41, 5.74) is 1.21. The van der Waals surface area contributed by atoms with E-state index in [9.17, 15) is 9.18 Å². The van der Waals surface area contributed by atoms with Gasteiger partial charge in [0.2, 0.25) is 0 Å². The molecular formula is C18H23BrFNO. The molecule has 0 radical (unpaired) electrons. The van der Waals surface area contributed by atoms with Gasteiger partial charge in [0.1, 0.15) is 5.82 Å². The van der Waals surface area contributed by atoms with Crippen LogP contribution >= 0.6 is 15.9 Å². The van der Waals surface area contributed by atoms with Crippen LogP contribution in [-0.4, -0.2) is 30.3 Å². The fraction of sp³-hybridized carbons (Fsp3) is 0.611. The minimum atomic E-state index is -0.318. The Hall–Kier alpha value is -0.740. The number of hydrogen-bond acceptors (Lipinski definition) is 2. The lowest BCUT2D eigenvalue weighted by atomic mass is 9.77. The molecule has 0 atom stereocenters. The van der Waals surface area contributed by atoms with Gasteiger partial charge in [0.15, 0.2) is 5.78 Å². The van der Waals surface area contributed by atoms with Crippen molar-refractivity contribution in [1.82, 2.24) is 4.90 Å². The highest BCUT2D eigenvalue weighted by Gasteiger charge is 2.36. The summed E-state index contributed by atoms with van der Waals surface area (Å²) in [6.45, 7) is 3.06. The summed E-state index contributed by atoms with van der Waals surface area (Å²) in [6.07, 6.45) is 8.71. The van der Waals surface area contributed by atoms with Crippen LogP contribution in [0.3, 0.4) is 0 Å². The maximum atomic E-state index is 13.1. The normalized spacial score (nSPS) is 21.4. The Morgan fingerprint density at radius 3 is 2.50 bits per heavy atom. The van der Waals surface area contributed by atoms with Crippen molar-refractivity contribution in [2.24, 2.45) is 5.41 Å². The molecule has 1 heterocycles. The zero-order valence-corrected chi connectivity index (χ0v) is 14.5. The van der Waals surface area contributed by atoms with E-state index in [1.165, 1.54) is 50.7 Å². The first-order valence-electron chi connectivity index (χ1n) is 8.29. The molecule has 0 unspecified atom stereocenters. The molecule has 2 fully saturated rings. The molecule has 1 saturated heterocycles. The van der Waals surface area contributed by atoms with Crippen molar-refractivity contribution in [3.8, 4) is 0 Å². The van der Waals surface area contributed by atoms with E-state index in [1.807, 2.05) is 0 Å². The van der Waals surface area contributed by atoms with Crippen molar-refractivity contribution >= 4 is 21.7 Å². The first-order valence-corrected chi connectivity index (χ1v) is 9.08. The van der Waals surface area contributed by atoms with Gasteiger partial charge in [-0.05, 0) is 78.3 Å². The van der Waals surface area contributed by atoms with Crippen molar-refractivity contribution in [3.05, 3.63) is 34.1 Å². The average Bonchev–Trinajstić information content (AvgIpc) is 2.95. The number of nitrogens with zero attached hydrogens (tertiary/aromatic N) is 1. The van der Waals surface area contributed by atoms with Gasteiger partial charge in [0.25, 0.3) is 0 Å². The van der Waals surface area contributed by atoms with Crippen molar-refractivity contribution in [3.63, 3.8) is 0 Å². The fourth-order valence-electron chi connectivity index (χ4n) is 3.99. The Kier molecular flexibility index (Phi) is 4.98. The molecule has 0 bridgehead atoms. The highest BCUT2D eigenvalue weighted by molar-refractivity contribution is 9.10. The topological polar surface area (TPSA) is 20.3 Å². The molecule has 1 spiro atoms.